The van der Waals surface area contributed by atoms with Crippen molar-refractivity contribution in [2.24, 2.45) is 7.05 Å². The van der Waals surface area contributed by atoms with Gasteiger partial charge in [-0.2, -0.15) is 0 Å². The van der Waals surface area contributed by atoms with Crippen molar-refractivity contribution in [2.75, 3.05) is 0 Å². The Hall–Kier alpha value is -4.52. The molecule has 0 N–H and O–H groups in total. The Morgan fingerprint density at radius 2 is 1.53 bits per heavy atom. The molecule has 3 aromatic heterocycles. The number of nitrogens with zero attached hydrogens (tertiary/aromatic N) is 5. The quantitative estimate of drug-likeness (QED) is 0.389. The molecule has 0 radical (unpaired) electrons. The van der Waals surface area contributed by atoms with Crippen LogP contribution in [0.4, 0.5) is 0 Å². The van der Waals surface area contributed by atoms with Crippen LogP contribution in [0.1, 0.15) is 16.7 Å². The molecule has 0 aliphatic rings. The van der Waals surface area contributed by atoms with E-state index in [0.717, 1.165) is 22.0 Å². The van der Waals surface area contributed by atoms with Crippen LogP contribution in [0.3, 0.4) is 0 Å². The Morgan fingerprint density at radius 3 is 2.26 bits per heavy atom. The number of para-hydroxylation sites is 1. The van der Waals surface area contributed by atoms with Crippen molar-refractivity contribution in [3.8, 4) is 5.88 Å². The fourth-order valence-corrected chi connectivity index (χ4v) is 4.52. The number of hydrogen-bond acceptors (Lipinski definition) is 4. The van der Waals surface area contributed by atoms with E-state index in [1.54, 1.807) is 4.57 Å². The van der Waals surface area contributed by atoms with Crippen molar-refractivity contribution < 1.29 is 9.67 Å². The molecule has 6 rings (SSSR count). The van der Waals surface area contributed by atoms with Crippen LogP contribution < -0.4 is 15.2 Å². The molecule has 0 aliphatic heterocycles. The molecule has 3 heterocycles. The third-order valence-electron chi connectivity index (χ3n) is 6.25. The average Bonchev–Trinajstić information content (AvgIpc) is 3.16. The maximum atomic E-state index is 13.7. The van der Waals surface area contributed by atoms with E-state index in [9.17, 15) is 9.90 Å². The summed E-state index contributed by atoms with van der Waals surface area (Å²) in [6.07, 6.45) is 0.228. The van der Waals surface area contributed by atoms with Gasteiger partial charge >= 0.3 is 11.3 Å². The second-order valence-corrected chi connectivity index (χ2v) is 8.39. The minimum absolute atomic E-state index is 0.175. The third-order valence-corrected chi connectivity index (χ3v) is 6.25. The lowest BCUT2D eigenvalue weighted by molar-refractivity contribution is -0.711. The normalized spacial score (nSPS) is 11.6. The molecule has 7 heteroatoms. The summed E-state index contributed by atoms with van der Waals surface area (Å²) in [7, 11) is 1.91. The van der Waals surface area contributed by atoms with E-state index in [4.69, 9.17) is 10.1 Å². The van der Waals surface area contributed by atoms with Gasteiger partial charge in [-0.05, 0) is 22.2 Å². The highest BCUT2D eigenvalue weighted by Crippen LogP contribution is 2.25. The lowest BCUT2D eigenvalue weighted by Gasteiger charge is -2.17. The maximum absolute atomic E-state index is 13.7. The van der Waals surface area contributed by atoms with Crippen LogP contribution in [-0.2, 0) is 20.0 Å². The second-order valence-electron chi connectivity index (χ2n) is 8.39. The van der Waals surface area contributed by atoms with Crippen molar-refractivity contribution in [1.82, 2.24) is 19.2 Å². The largest absolute Gasteiger partial charge is 0.848 e. The molecule has 0 saturated heterocycles. The first kappa shape index (κ1) is 20.1. The van der Waals surface area contributed by atoms with Crippen LogP contribution >= 0.6 is 0 Å². The first-order valence-electron chi connectivity index (χ1n) is 11.1. The van der Waals surface area contributed by atoms with Crippen molar-refractivity contribution in [3.05, 3.63) is 112 Å². The van der Waals surface area contributed by atoms with Gasteiger partial charge in [0.15, 0.2) is 5.52 Å². The molecule has 0 bridgehead atoms. The van der Waals surface area contributed by atoms with Crippen molar-refractivity contribution in [3.63, 3.8) is 0 Å². The summed E-state index contributed by atoms with van der Waals surface area (Å²) < 4.78 is 4.79. The highest BCUT2D eigenvalue weighted by atomic mass is 16.3. The zero-order valence-electron chi connectivity index (χ0n) is 18.5. The summed E-state index contributed by atoms with van der Waals surface area (Å²) in [5.41, 5.74) is 3.78. The Bertz CT molecular complexity index is 1740. The minimum Gasteiger partial charge on any atom is -0.848 e. The molecule has 0 aliphatic carbocycles. The number of rotatable bonds is 4. The van der Waals surface area contributed by atoms with Gasteiger partial charge in [-0.1, -0.05) is 88.5 Å². The Labute approximate surface area is 194 Å². The monoisotopic (exact) mass is 447 g/mol. The van der Waals surface area contributed by atoms with E-state index in [2.05, 4.69) is 0 Å². The van der Waals surface area contributed by atoms with E-state index in [0.29, 0.717) is 11.2 Å². The van der Waals surface area contributed by atoms with Crippen molar-refractivity contribution in [2.45, 2.75) is 13.0 Å². The smallest absolute Gasteiger partial charge is 0.428 e. The molecule has 0 saturated carbocycles. The van der Waals surface area contributed by atoms with Crippen LogP contribution in [-0.4, -0.2) is 19.2 Å². The van der Waals surface area contributed by atoms with Gasteiger partial charge in [-0.25, -0.2) is 9.36 Å². The number of hydrogen-bond donors (Lipinski definition) is 0. The highest BCUT2D eigenvalue weighted by molar-refractivity contribution is 6.04. The molecule has 166 valence electrons. The molecule has 0 unspecified atom stereocenters. The molecule has 34 heavy (non-hydrogen) atoms. The van der Waals surface area contributed by atoms with Gasteiger partial charge < -0.3 is 9.67 Å². The fraction of sp³-hybridized carbons (Fsp3) is 0.111. The maximum Gasteiger partial charge on any atom is 0.428 e. The van der Waals surface area contributed by atoms with Gasteiger partial charge in [0, 0.05) is 24.7 Å². The molecule has 6 aromatic rings. The van der Waals surface area contributed by atoms with Gasteiger partial charge in [-0.3, -0.25) is 0 Å². The predicted molar refractivity (Wildman–Crippen MR) is 128 cm³/mol. The SMILES string of the molecule is Cn1c2ccccc2c2nn3c(=O)c(Cc4ccccc4)c([O-])[n+](Cc4ccccc4)c3nc21. The van der Waals surface area contributed by atoms with E-state index in [1.807, 2.05) is 96.5 Å². The standard InChI is InChI=1S/C27H21N5O2/c1-30-22-15-9-8-14-20(22)23-24(30)28-27-31(17-19-12-6-3-7-13-19)25(33)21(26(34)32(27)29-23)16-18-10-4-2-5-11-18/h2-15H,16-17H2,1H3. The van der Waals surface area contributed by atoms with E-state index < -0.39 is 5.56 Å². The number of aryl methyl sites for hydroxylation is 1. The van der Waals surface area contributed by atoms with Crippen LogP contribution in [0, 0.1) is 0 Å². The number of aromatic nitrogens is 5. The van der Waals surface area contributed by atoms with Crippen molar-refractivity contribution >= 4 is 27.8 Å². The zero-order valence-corrected chi connectivity index (χ0v) is 18.5. The Morgan fingerprint density at radius 1 is 0.882 bits per heavy atom. The summed E-state index contributed by atoms with van der Waals surface area (Å²) in [4.78, 5) is 18.4. The zero-order chi connectivity index (χ0) is 23.2. The lowest BCUT2D eigenvalue weighted by atomic mass is 10.1. The van der Waals surface area contributed by atoms with Crippen LogP contribution in [0.15, 0.2) is 89.7 Å². The number of fused-ring (bicyclic) bond motifs is 4. The first-order valence-corrected chi connectivity index (χ1v) is 11.1. The van der Waals surface area contributed by atoms with E-state index in [1.165, 1.54) is 4.52 Å². The predicted octanol–water partition coefficient (Wildman–Crippen LogP) is 2.73. The third kappa shape index (κ3) is 3.13. The molecule has 7 nitrogen and oxygen atoms in total. The summed E-state index contributed by atoms with van der Waals surface area (Å²) in [6.45, 7) is 0.287. The highest BCUT2D eigenvalue weighted by Gasteiger charge is 2.25. The van der Waals surface area contributed by atoms with E-state index >= 15 is 0 Å². The number of benzene rings is 3. The van der Waals surface area contributed by atoms with Crippen LogP contribution in [0.2, 0.25) is 0 Å². The van der Waals surface area contributed by atoms with Gasteiger partial charge in [0.25, 0.3) is 0 Å². The van der Waals surface area contributed by atoms with Gasteiger partial charge in [0.2, 0.25) is 5.65 Å². The molecular weight excluding hydrogens is 426 g/mol. The molecule has 0 amide bonds. The minimum atomic E-state index is -0.435. The van der Waals surface area contributed by atoms with Crippen molar-refractivity contribution in [1.29, 1.82) is 0 Å². The molecule has 0 fully saturated rings. The summed E-state index contributed by atoms with van der Waals surface area (Å²) in [5, 5.41) is 19.3. The Balaban J connectivity index is 1.69. The summed E-state index contributed by atoms with van der Waals surface area (Å²) in [5.74, 6) is -0.112. The van der Waals surface area contributed by atoms with Crippen LogP contribution in [0.25, 0.3) is 27.8 Å². The molecular formula is C27H21N5O2. The Kier molecular flexibility index (Phi) is 4.62. The molecule has 3 aromatic carbocycles. The van der Waals surface area contributed by atoms with Gasteiger partial charge in [0.1, 0.15) is 0 Å². The van der Waals surface area contributed by atoms with E-state index in [-0.39, 0.29) is 30.2 Å². The second kappa shape index (κ2) is 7.81. The van der Waals surface area contributed by atoms with Crippen LogP contribution in [0.5, 0.6) is 5.88 Å². The fourth-order valence-electron chi connectivity index (χ4n) is 4.52. The van der Waals surface area contributed by atoms with Gasteiger partial charge in [0.05, 0.1) is 17.6 Å². The lowest BCUT2D eigenvalue weighted by Crippen LogP contribution is -2.46. The molecule has 0 spiro atoms. The topological polar surface area (TPSA) is 79.1 Å². The van der Waals surface area contributed by atoms with Gasteiger partial charge in [-0.15, -0.1) is 0 Å². The first-order chi connectivity index (χ1) is 16.6. The average molecular weight is 447 g/mol. The summed E-state index contributed by atoms with van der Waals surface area (Å²) in [6, 6.07) is 27.1. The molecule has 0 atom stereocenters. The summed E-state index contributed by atoms with van der Waals surface area (Å²) >= 11 is 0.